The van der Waals surface area contributed by atoms with Crippen molar-refractivity contribution in [2.75, 3.05) is 6.54 Å². The molecule has 0 bridgehead atoms. The molecule has 0 fully saturated rings. The summed E-state index contributed by atoms with van der Waals surface area (Å²) < 4.78 is 0. The molecule has 3 aromatic rings. The van der Waals surface area contributed by atoms with Crippen LogP contribution >= 0.6 is 22.7 Å². The van der Waals surface area contributed by atoms with Crippen LogP contribution in [-0.4, -0.2) is 22.3 Å². The zero-order chi connectivity index (χ0) is 15.6. The topological polar surface area (TPSA) is 33.2 Å². The number of thiazole rings is 1. The second-order valence-corrected chi connectivity index (χ2v) is 7.30. The Morgan fingerprint density at radius 2 is 2.04 bits per heavy atom. The molecule has 23 heavy (non-hydrogen) atoms. The highest BCUT2D eigenvalue weighted by Crippen LogP contribution is 2.26. The lowest BCUT2D eigenvalue weighted by molar-refractivity contribution is -0.131. The monoisotopic (exact) mass is 340 g/mol. The average Bonchev–Trinajstić information content (AvgIpc) is 3.25. The van der Waals surface area contributed by atoms with Crippen molar-refractivity contribution in [3.63, 3.8) is 0 Å². The molecule has 1 aromatic carbocycles. The van der Waals surface area contributed by atoms with Gasteiger partial charge in [-0.3, -0.25) is 4.79 Å². The predicted octanol–water partition coefficient (Wildman–Crippen LogP) is 4.00. The third-order valence-corrected chi connectivity index (χ3v) is 5.76. The minimum Gasteiger partial charge on any atom is -0.338 e. The largest absolute Gasteiger partial charge is 0.338 e. The summed E-state index contributed by atoms with van der Waals surface area (Å²) in [5, 5.41) is 7.14. The molecule has 1 aliphatic heterocycles. The maximum atomic E-state index is 12.6. The third kappa shape index (κ3) is 3.07. The molecule has 116 valence electrons. The van der Waals surface area contributed by atoms with Crippen molar-refractivity contribution in [1.29, 1.82) is 0 Å². The lowest BCUT2D eigenvalue weighted by Gasteiger charge is -2.28. The second kappa shape index (κ2) is 6.26. The molecule has 1 aliphatic rings. The molecule has 3 heterocycles. The Balaban J connectivity index is 1.45. The fourth-order valence-corrected chi connectivity index (χ4v) is 4.41. The first-order valence-corrected chi connectivity index (χ1v) is 9.43. The van der Waals surface area contributed by atoms with Gasteiger partial charge in [-0.15, -0.1) is 11.3 Å². The third-order valence-electron chi connectivity index (χ3n) is 4.14. The van der Waals surface area contributed by atoms with Crippen LogP contribution in [0.1, 0.15) is 16.8 Å². The van der Waals surface area contributed by atoms with Gasteiger partial charge < -0.3 is 4.90 Å². The molecular formula is C18H16N2OS2. The molecule has 0 atom stereocenters. The van der Waals surface area contributed by atoms with Crippen LogP contribution in [0.15, 0.2) is 46.5 Å². The Morgan fingerprint density at radius 3 is 2.87 bits per heavy atom. The van der Waals surface area contributed by atoms with E-state index in [9.17, 15) is 4.79 Å². The summed E-state index contributed by atoms with van der Waals surface area (Å²) in [6.45, 7) is 1.52. The molecule has 0 spiro atoms. The van der Waals surface area contributed by atoms with E-state index < -0.39 is 0 Å². The van der Waals surface area contributed by atoms with E-state index in [-0.39, 0.29) is 5.91 Å². The number of hydrogen-bond acceptors (Lipinski definition) is 4. The number of aromatic nitrogens is 1. The van der Waals surface area contributed by atoms with Crippen LogP contribution in [0.4, 0.5) is 0 Å². The zero-order valence-electron chi connectivity index (χ0n) is 12.6. The van der Waals surface area contributed by atoms with Gasteiger partial charge in [0.15, 0.2) is 0 Å². The van der Waals surface area contributed by atoms with E-state index in [1.54, 1.807) is 22.7 Å². The van der Waals surface area contributed by atoms with E-state index in [2.05, 4.69) is 34.6 Å². The van der Waals surface area contributed by atoms with Crippen LogP contribution in [0.5, 0.6) is 0 Å². The molecule has 0 radical (unpaired) electrons. The van der Waals surface area contributed by atoms with E-state index in [0.29, 0.717) is 6.42 Å². The minimum atomic E-state index is 0.168. The SMILES string of the molecule is O=C(Cc1csc(-c2ccsc2)n1)N1CCc2ccccc2C1. The van der Waals surface area contributed by atoms with Crippen LogP contribution in [0, 0.1) is 0 Å². The zero-order valence-corrected chi connectivity index (χ0v) is 14.2. The summed E-state index contributed by atoms with van der Waals surface area (Å²) in [5.74, 6) is 0.168. The van der Waals surface area contributed by atoms with E-state index >= 15 is 0 Å². The molecule has 0 unspecified atom stereocenters. The highest BCUT2D eigenvalue weighted by Gasteiger charge is 2.21. The van der Waals surface area contributed by atoms with Gasteiger partial charge in [-0.1, -0.05) is 24.3 Å². The molecule has 0 N–H and O–H groups in total. The molecule has 4 rings (SSSR count). The van der Waals surface area contributed by atoms with E-state index in [1.165, 1.54) is 11.1 Å². The lowest BCUT2D eigenvalue weighted by atomic mass is 10.00. The van der Waals surface area contributed by atoms with Gasteiger partial charge in [-0.05, 0) is 29.0 Å². The van der Waals surface area contributed by atoms with Crippen LogP contribution in [0.25, 0.3) is 10.6 Å². The van der Waals surface area contributed by atoms with E-state index in [1.807, 2.05) is 21.7 Å². The summed E-state index contributed by atoms with van der Waals surface area (Å²) in [7, 11) is 0. The van der Waals surface area contributed by atoms with Gasteiger partial charge in [0.2, 0.25) is 5.91 Å². The lowest BCUT2D eigenvalue weighted by Crippen LogP contribution is -2.36. The first-order chi connectivity index (χ1) is 11.3. The second-order valence-electron chi connectivity index (χ2n) is 5.67. The number of amides is 1. The number of thiophene rings is 1. The van der Waals surface area contributed by atoms with Gasteiger partial charge in [-0.25, -0.2) is 4.98 Å². The number of benzene rings is 1. The Labute approximate surface area is 143 Å². The number of carbonyl (C=O) groups is 1. The quantitative estimate of drug-likeness (QED) is 0.722. The summed E-state index contributed by atoms with van der Waals surface area (Å²) >= 11 is 3.27. The van der Waals surface area contributed by atoms with Crippen LogP contribution < -0.4 is 0 Å². The predicted molar refractivity (Wildman–Crippen MR) is 94.7 cm³/mol. The molecule has 5 heteroatoms. The first-order valence-electron chi connectivity index (χ1n) is 7.61. The normalized spacial score (nSPS) is 13.8. The van der Waals surface area contributed by atoms with Crippen molar-refractivity contribution in [2.45, 2.75) is 19.4 Å². The number of rotatable bonds is 3. The van der Waals surface area contributed by atoms with Crippen molar-refractivity contribution >= 4 is 28.6 Å². The molecule has 3 nitrogen and oxygen atoms in total. The number of nitrogens with zero attached hydrogens (tertiary/aromatic N) is 2. The van der Waals surface area contributed by atoms with Crippen LogP contribution in [0.2, 0.25) is 0 Å². The highest BCUT2D eigenvalue weighted by molar-refractivity contribution is 7.14. The smallest absolute Gasteiger partial charge is 0.228 e. The van der Waals surface area contributed by atoms with Crippen LogP contribution in [0.3, 0.4) is 0 Å². The van der Waals surface area contributed by atoms with Gasteiger partial charge in [-0.2, -0.15) is 11.3 Å². The van der Waals surface area contributed by atoms with Crippen molar-refractivity contribution in [2.24, 2.45) is 0 Å². The van der Waals surface area contributed by atoms with Crippen molar-refractivity contribution in [1.82, 2.24) is 9.88 Å². The Bertz CT molecular complexity index is 823. The molecular weight excluding hydrogens is 324 g/mol. The van der Waals surface area contributed by atoms with Crippen LogP contribution in [-0.2, 0) is 24.2 Å². The Kier molecular flexibility index (Phi) is 3.97. The minimum absolute atomic E-state index is 0.168. The Hall–Kier alpha value is -1.98. The molecule has 0 saturated heterocycles. The van der Waals surface area contributed by atoms with Gasteiger partial charge in [0.25, 0.3) is 0 Å². The summed E-state index contributed by atoms with van der Waals surface area (Å²) in [6.07, 6.45) is 1.34. The standard InChI is InChI=1S/C18H16N2OS2/c21-17(20-7-5-13-3-1-2-4-14(13)10-20)9-16-12-23-18(19-16)15-6-8-22-11-15/h1-4,6,8,11-12H,5,7,9-10H2. The first kappa shape index (κ1) is 14.6. The van der Waals surface area contributed by atoms with Gasteiger partial charge in [0, 0.05) is 29.4 Å². The van der Waals surface area contributed by atoms with Crippen molar-refractivity contribution < 1.29 is 4.79 Å². The number of carbonyl (C=O) groups excluding carboxylic acids is 1. The molecule has 2 aromatic heterocycles. The fraction of sp³-hybridized carbons (Fsp3) is 0.222. The molecule has 0 saturated carbocycles. The Morgan fingerprint density at radius 1 is 1.17 bits per heavy atom. The van der Waals surface area contributed by atoms with Crippen molar-refractivity contribution in [3.8, 4) is 10.6 Å². The maximum Gasteiger partial charge on any atom is 0.228 e. The maximum absolute atomic E-state index is 12.6. The molecule has 0 aliphatic carbocycles. The summed E-state index contributed by atoms with van der Waals surface area (Å²) in [5.41, 5.74) is 4.65. The van der Waals surface area contributed by atoms with Gasteiger partial charge >= 0.3 is 0 Å². The van der Waals surface area contributed by atoms with Gasteiger partial charge in [0.05, 0.1) is 12.1 Å². The molecule has 1 amide bonds. The summed E-state index contributed by atoms with van der Waals surface area (Å²) in [4.78, 5) is 19.1. The van der Waals surface area contributed by atoms with Crippen molar-refractivity contribution in [3.05, 3.63) is 63.3 Å². The van der Waals surface area contributed by atoms with Gasteiger partial charge in [0.1, 0.15) is 5.01 Å². The number of hydrogen-bond donors (Lipinski definition) is 0. The van der Waals surface area contributed by atoms with E-state index in [0.717, 1.165) is 35.8 Å². The number of fused-ring (bicyclic) bond motifs is 1. The summed E-state index contributed by atoms with van der Waals surface area (Å²) in [6, 6.07) is 10.5. The highest BCUT2D eigenvalue weighted by atomic mass is 32.1. The average molecular weight is 340 g/mol. The fourth-order valence-electron chi connectivity index (χ4n) is 2.88. The van der Waals surface area contributed by atoms with E-state index in [4.69, 9.17) is 0 Å².